The maximum Gasteiger partial charge on any atom is 0.156 e. The Morgan fingerprint density at radius 2 is 2.47 bits per heavy atom. The summed E-state index contributed by atoms with van der Waals surface area (Å²) in [6, 6.07) is 4.33. The molecule has 0 aromatic carbocycles. The van der Waals surface area contributed by atoms with Crippen molar-refractivity contribution in [3.8, 4) is 0 Å². The van der Waals surface area contributed by atoms with Crippen molar-refractivity contribution in [3.05, 3.63) is 41.0 Å². The topological polar surface area (TPSA) is 57.0 Å². The van der Waals surface area contributed by atoms with Crippen molar-refractivity contribution in [1.82, 2.24) is 9.72 Å². The van der Waals surface area contributed by atoms with E-state index >= 15 is 0 Å². The third-order valence-corrected chi connectivity index (χ3v) is 3.58. The monoisotopic (exact) mass is 231 g/mol. The van der Waals surface area contributed by atoms with E-state index in [1.807, 2.05) is 6.07 Å². The van der Waals surface area contributed by atoms with Gasteiger partial charge in [0.25, 0.3) is 0 Å². The van der Waals surface area contributed by atoms with Crippen molar-refractivity contribution >= 4 is 0 Å². The lowest BCUT2D eigenvalue weighted by Gasteiger charge is -2.20. The zero-order valence-corrected chi connectivity index (χ0v) is 10.0. The van der Waals surface area contributed by atoms with Gasteiger partial charge in [-0.15, -0.1) is 0 Å². The molecule has 4 heteroatoms. The summed E-state index contributed by atoms with van der Waals surface area (Å²) in [4.78, 5) is 0. The second-order valence-corrected chi connectivity index (χ2v) is 4.75. The van der Waals surface area contributed by atoms with Gasteiger partial charge in [-0.1, -0.05) is 5.16 Å². The van der Waals surface area contributed by atoms with Crippen molar-refractivity contribution in [2.75, 3.05) is 0 Å². The van der Waals surface area contributed by atoms with Gasteiger partial charge in [0.1, 0.15) is 0 Å². The van der Waals surface area contributed by atoms with E-state index < -0.39 is 0 Å². The zero-order valence-electron chi connectivity index (χ0n) is 10.0. The van der Waals surface area contributed by atoms with E-state index in [0.717, 1.165) is 25.1 Å². The fourth-order valence-corrected chi connectivity index (χ4v) is 2.70. The van der Waals surface area contributed by atoms with Crippen LogP contribution in [0.4, 0.5) is 0 Å². The normalized spacial score (nSPS) is 19.3. The standard InChI is InChI=1S/C13H17N3O/c1-9-7-11-12(14)3-2-4-13(11)16(9)8-10-5-6-15-17-10/h5-7,12H,2-4,8,14H2,1H3. The molecule has 0 radical (unpaired) electrons. The number of hydrogen-bond donors (Lipinski definition) is 1. The summed E-state index contributed by atoms with van der Waals surface area (Å²) >= 11 is 0. The molecule has 2 aromatic heterocycles. The quantitative estimate of drug-likeness (QED) is 0.861. The van der Waals surface area contributed by atoms with E-state index in [-0.39, 0.29) is 6.04 Å². The molecule has 2 heterocycles. The predicted molar refractivity (Wildman–Crippen MR) is 64.6 cm³/mol. The highest BCUT2D eigenvalue weighted by atomic mass is 16.5. The van der Waals surface area contributed by atoms with Crippen LogP contribution in [0.1, 0.15) is 41.6 Å². The van der Waals surface area contributed by atoms with Crippen LogP contribution in [0.2, 0.25) is 0 Å². The van der Waals surface area contributed by atoms with Crippen LogP contribution in [0.25, 0.3) is 0 Å². The number of fused-ring (bicyclic) bond motifs is 1. The highest BCUT2D eigenvalue weighted by Gasteiger charge is 2.22. The number of hydrogen-bond acceptors (Lipinski definition) is 3. The Morgan fingerprint density at radius 1 is 1.59 bits per heavy atom. The fraction of sp³-hybridized carbons (Fsp3) is 0.462. The Hall–Kier alpha value is -1.55. The van der Waals surface area contributed by atoms with Gasteiger partial charge in [0, 0.05) is 23.5 Å². The van der Waals surface area contributed by atoms with Gasteiger partial charge < -0.3 is 14.8 Å². The fourth-order valence-electron chi connectivity index (χ4n) is 2.70. The lowest BCUT2D eigenvalue weighted by molar-refractivity contribution is 0.373. The lowest BCUT2D eigenvalue weighted by Crippen LogP contribution is -2.18. The van der Waals surface area contributed by atoms with Crippen LogP contribution in [0.3, 0.4) is 0 Å². The second-order valence-electron chi connectivity index (χ2n) is 4.75. The molecule has 2 aromatic rings. The SMILES string of the molecule is Cc1cc2c(n1Cc1ccno1)CCCC2N. The molecule has 90 valence electrons. The first-order valence-corrected chi connectivity index (χ1v) is 6.10. The van der Waals surface area contributed by atoms with E-state index in [1.54, 1.807) is 6.20 Å². The van der Waals surface area contributed by atoms with Gasteiger partial charge in [0.2, 0.25) is 0 Å². The van der Waals surface area contributed by atoms with E-state index in [1.165, 1.54) is 23.4 Å². The number of aromatic nitrogens is 2. The first-order valence-electron chi connectivity index (χ1n) is 6.10. The maximum atomic E-state index is 6.15. The number of nitrogens with zero attached hydrogens (tertiary/aromatic N) is 2. The first-order chi connectivity index (χ1) is 8.25. The van der Waals surface area contributed by atoms with E-state index in [4.69, 9.17) is 10.3 Å². The molecule has 1 atom stereocenters. The maximum absolute atomic E-state index is 6.15. The smallest absolute Gasteiger partial charge is 0.156 e. The van der Waals surface area contributed by atoms with E-state index in [9.17, 15) is 0 Å². The molecule has 0 bridgehead atoms. The molecule has 3 rings (SSSR count). The summed E-state index contributed by atoms with van der Waals surface area (Å²) in [5.41, 5.74) is 10.1. The van der Waals surface area contributed by atoms with Crippen molar-refractivity contribution in [2.45, 2.75) is 38.8 Å². The van der Waals surface area contributed by atoms with Crippen LogP contribution >= 0.6 is 0 Å². The molecule has 1 aliphatic rings. The second kappa shape index (κ2) is 4.04. The highest BCUT2D eigenvalue weighted by molar-refractivity contribution is 5.33. The Morgan fingerprint density at radius 3 is 3.24 bits per heavy atom. The summed E-state index contributed by atoms with van der Waals surface area (Å²) in [5.74, 6) is 0.894. The molecule has 0 saturated carbocycles. The molecule has 0 amide bonds. The average molecular weight is 231 g/mol. The highest BCUT2D eigenvalue weighted by Crippen LogP contribution is 2.31. The molecule has 0 saturated heterocycles. The number of aryl methyl sites for hydroxylation is 1. The molecule has 4 nitrogen and oxygen atoms in total. The van der Waals surface area contributed by atoms with Crippen molar-refractivity contribution in [1.29, 1.82) is 0 Å². The van der Waals surface area contributed by atoms with Crippen molar-refractivity contribution < 1.29 is 4.52 Å². The number of nitrogens with two attached hydrogens (primary N) is 1. The summed E-state index contributed by atoms with van der Waals surface area (Å²) in [7, 11) is 0. The van der Waals surface area contributed by atoms with Crippen molar-refractivity contribution in [2.24, 2.45) is 5.73 Å². The molecule has 17 heavy (non-hydrogen) atoms. The molecular weight excluding hydrogens is 214 g/mol. The largest absolute Gasteiger partial charge is 0.359 e. The summed E-state index contributed by atoms with van der Waals surface area (Å²) < 4.78 is 7.48. The summed E-state index contributed by atoms with van der Waals surface area (Å²) in [5, 5.41) is 3.75. The third-order valence-electron chi connectivity index (χ3n) is 3.58. The minimum atomic E-state index is 0.202. The van der Waals surface area contributed by atoms with Crippen LogP contribution in [0.15, 0.2) is 22.9 Å². The molecule has 1 aliphatic carbocycles. The predicted octanol–water partition coefficient (Wildman–Crippen LogP) is 2.17. The Bertz CT molecular complexity index is 513. The summed E-state index contributed by atoms with van der Waals surface area (Å²) in [6.07, 6.45) is 5.07. The minimum Gasteiger partial charge on any atom is -0.359 e. The Balaban J connectivity index is 1.99. The van der Waals surface area contributed by atoms with Crippen LogP contribution < -0.4 is 5.73 Å². The molecular formula is C13H17N3O. The van der Waals surface area contributed by atoms with Crippen LogP contribution in [0.5, 0.6) is 0 Å². The Kier molecular flexibility index (Phi) is 2.52. The van der Waals surface area contributed by atoms with Gasteiger partial charge in [0.15, 0.2) is 5.76 Å². The van der Waals surface area contributed by atoms with Gasteiger partial charge in [-0.3, -0.25) is 0 Å². The van der Waals surface area contributed by atoms with Crippen LogP contribution in [-0.4, -0.2) is 9.72 Å². The van der Waals surface area contributed by atoms with Gasteiger partial charge in [-0.25, -0.2) is 0 Å². The van der Waals surface area contributed by atoms with Gasteiger partial charge in [-0.05, 0) is 37.8 Å². The first kappa shape index (κ1) is 10.6. The van der Waals surface area contributed by atoms with E-state index in [0.29, 0.717) is 0 Å². The molecule has 0 spiro atoms. The molecule has 0 aliphatic heterocycles. The number of rotatable bonds is 2. The lowest BCUT2D eigenvalue weighted by atomic mass is 9.93. The molecule has 2 N–H and O–H groups in total. The summed E-state index contributed by atoms with van der Waals surface area (Å²) in [6.45, 7) is 2.88. The van der Waals surface area contributed by atoms with Gasteiger partial charge in [0.05, 0.1) is 12.7 Å². The van der Waals surface area contributed by atoms with Gasteiger partial charge >= 0.3 is 0 Å². The zero-order chi connectivity index (χ0) is 11.8. The molecule has 1 unspecified atom stereocenters. The minimum absolute atomic E-state index is 0.202. The van der Waals surface area contributed by atoms with Gasteiger partial charge in [-0.2, -0.15) is 0 Å². The van der Waals surface area contributed by atoms with Crippen molar-refractivity contribution in [3.63, 3.8) is 0 Å². The third kappa shape index (κ3) is 1.78. The molecule has 0 fully saturated rings. The van der Waals surface area contributed by atoms with E-state index in [2.05, 4.69) is 22.7 Å². The van der Waals surface area contributed by atoms with Crippen LogP contribution in [-0.2, 0) is 13.0 Å². The average Bonchev–Trinajstić information content (AvgIpc) is 2.91. The van der Waals surface area contributed by atoms with Crippen LogP contribution in [0, 0.1) is 6.92 Å². The Labute approximate surface area is 100 Å².